The van der Waals surface area contributed by atoms with E-state index in [1.807, 2.05) is 54.6 Å². The van der Waals surface area contributed by atoms with Gasteiger partial charge in [-0.05, 0) is 41.8 Å². The molecule has 0 aliphatic heterocycles. The third-order valence-electron chi connectivity index (χ3n) is 5.42. The molecule has 0 amide bonds. The molecule has 4 rings (SSSR count). The number of aromatic amines is 1. The fourth-order valence-electron chi connectivity index (χ4n) is 3.65. The van der Waals surface area contributed by atoms with Crippen LogP contribution in [0.15, 0.2) is 77.1 Å². The summed E-state index contributed by atoms with van der Waals surface area (Å²) in [6.07, 6.45) is 1.76. The van der Waals surface area contributed by atoms with Crippen LogP contribution in [0.25, 0.3) is 10.9 Å². The number of nitrogens with one attached hydrogen (secondary N) is 1. The highest BCUT2D eigenvalue weighted by molar-refractivity contribution is 7.93. The van der Waals surface area contributed by atoms with E-state index < -0.39 is 33.4 Å². The number of aromatic nitrogens is 1. The maximum Gasteiger partial charge on any atom is 0.308 e. The summed E-state index contributed by atoms with van der Waals surface area (Å²) < 4.78 is 26.3. The molecule has 0 radical (unpaired) electrons. The predicted molar refractivity (Wildman–Crippen MR) is 127 cm³/mol. The number of carbonyl (C=O) groups is 1. The predicted octanol–water partition coefficient (Wildman–Crippen LogP) is 4.91. The van der Waals surface area contributed by atoms with Gasteiger partial charge in [0.1, 0.15) is 4.21 Å². The smallest absolute Gasteiger partial charge is 0.308 e. The molecular formula is C25H21NO4S2. The van der Waals surface area contributed by atoms with Crippen LogP contribution in [0.3, 0.4) is 0 Å². The normalized spacial score (nSPS) is 13.3. The number of rotatable bonds is 6. The Balaban J connectivity index is 1.58. The molecule has 0 fully saturated rings. The average molecular weight is 464 g/mol. The van der Waals surface area contributed by atoms with Gasteiger partial charge in [-0.15, -0.1) is 11.3 Å². The molecule has 5 nitrogen and oxygen atoms in total. The molecule has 2 aromatic carbocycles. The highest BCUT2D eigenvalue weighted by atomic mass is 32.2. The maximum absolute atomic E-state index is 13.1. The number of para-hydroxylation sites is 1. The molecule has 2 heterocycles. The summed E-state index contributed by atoms with van der Waals surface area (Å²) in [5.41, 5.74) is 2.52. The van der Waals surface area contributed by atoms with E-state index in [4.69, 9.17) is 0 Å². The first-order valence-electron chi connectivity index (χ1n) is 10.0. The first kappa shape index (κ1) is 21.9. The second kappa shape index (κ2) is 9.03. The molecule has 0 saturated carbocycles. The van der Waals surface area contributed by atoms with Gasteiger partial charge in [-0.25, -0.2) is 8.42 Å². The van der Waals surface area contributed by atoms with Crippen LogP contribution in [0.1, 0.15) is 28.8 Å². The number of fused-ring (bicyclic) bond motifs is 1. The van der Waals surface area contributed by atoms with Gasteiger partial charge in [-0.2, -0.15) is 0 Å². The molecule has 162 valence electrons. The summed E-state index contributed by atoms with van der Waals surface area (Å²) in [6, 6.07) is 20.2. The summed E-state index contributed by atoms with van der Waals surface area (Å²) in [7, 11) is -3.80. The Labute approximate surface area is 190 Å². The van der Waals surface area contributed by atoms with E-state index in [1.165, 1.54) is 6.07 Å². The van der Waals surface area contributed by atoms with Crippen molar-refractivity contribution in [1.29, 1.82) is 0 Å². The van der Waals surface area contributed by atoms with Crippen LogP contribution in [-0.4, -0.2) is 30.2 Å². The number of sulfone groups is 1. The fourth-order valence-corrected chi connectivity index (χ4v) is 6.56. The van der Waals surface area contributed by atoms with Crippen molar-refractivity contribution in [3.63, 3.8) is 0 Å². The molecule has 0 bridgehead atoms. The topological polar surface area (TPSA) is 87.2 Å². The van der Waals surface area contributed by atoms with Crippen LogP contribution in [-0.2, 0) is 14.6 Å². The monoisotopic (exact) mass is 463 g/mol. The SMILES string of the molecule is CC(c1c[nH]c2ccccc12)[C@@H](CS(=O)(=O)c1ccc(C#Cc2ccccc2)s1)C(=O)O. The van der Waals surface area contributed by atoms with Crippen LogP contribution in [0.2, 0.25) is 0 Å². The highest BCUT2D eigenvalue weighted by Crippen LogP contribution is 2.33. The second-order valence-corrected chi connectivity index (χ2v) is 10.9. The quantitative estimate of drug-likeness (QED) is 0.398. The number of aliphatic carboxylic acids is 1. The van der Waals surface area contributed by atoms with Gasteiger partial charge < -0.3 is 10.1 Å². The summed E-state index contributed by atoms with van der Waals surface area (Å²) in [5.74, 6) is 2.80. The zero-order valence-corrected chi connectivity index (χ0v) is 18.9. The van der Waals surface area contributed by atoms with Gasteiger partial charge in [0.25, 0.3) is 0 Å². The van der Waals surface area contributed by atoms with E-state index in [9.17, 15) is 18.3 Å². The first-order valence-corrected chi connectivity index (χ1v) is 12.5. The number of carboxylic acid groups (broad SMARTS) is 1. The van der Waals surface area contributed by atoms with Crippen molar-refractivity contribution >= 4 is 38.0 Å². The van der Waals surface area contributed by atoms with Crippen LogP contribution >= 0.6 is 11.3 Å². The lowest BCUT2D eigenvalue weighted by molar-refractivity contribution is -0.141. The third kappa shape index (κ3) is 4.62. The maximum atomic E-state index is 13.1. The molecule has 0 spiro atoms. The minimum absolute atomic E-state index is 0.132. The van der Waals surface area contributed by atoms with Crippen molar-refractivity contribution in [2.45, 2.75) is 17.1 Å². The first-order chi connectivity index (χ1) is 15.3. The number of thiophene rings is 1. The van der Waals surface area contributed by atoms with Gasteiger partial charge >= 0.3 is 5.97 Å². The molecule has 0 saturated heterocycles. The van der Waals surface area contributed by atoms with Crippen molar-refractivity contribution < 1.29 is 18.3 Å². The number of benzene rings is 2. The molecule has 0 aliphatic carbocycles. The van der Waals surface area contributed by atoms with E-state index in [2.05, 4.69) is 16.8 Å². The molecule has 2 atom stereocenters. The Morgan fingerprint density at radius 1 is 1.03 bits per heavy atom. The van der Waals surface area contributed by atoms with Crippen LogP contribution in [0.4, 0.5) is 0 Å². The Bertz CT molecular complexity index is 1420. The highest BCUT2D eigenvalue weighted by Gasteiger charge is 2.33. The standard InChI is InChI=1S/C25H21NO4S2/c1-17(21-15-26-23-10-6-5-9-20(21)23)22(25(27)28)16-32(29,30)24-14-13-19(31-24)12-11-18-7-3-2-4-8-18/h2-10,13-15,17,22,26H,16H2,1H3,(H,27,28)/t17?,22-/m1/s1. The van der Waals surface area contributed by atoms with Gasteiger partial charge in [0, 0.05) is 22.7 Å². The summed E-state index contributed by atoms with van der Waals surface area (Å²) >= 11 is 1.06. The Morgan fingerprint density at radius 2 is 1.75 bits per heavy atom. The molecule has 2 N–H and O–H groups in total. The lowest BCUT2D eigenvalue weighted by Gasteiger charge is -2.19. The van der Waals surface area contributed by atoms with Crippen molar-refractivity contribution in [1.82, 2.24) is 4.98 Å². The van der Waals surface area contributed by atoms with Gasteiger partial charge in [0.05, 0.1) is 16.5 Å². The molecule has 1 unspecified atom stereocenters. The Hall–Kier alpha value is -3.34. The van der Waals surface area contributed by atoms with Gasteiger partial charge in [-0.3, -0.25) is 4.79 Å². The molecule has 0 aliphatic rings. The van der Waals surface area contributed by atoms with Crippen LogP contribution in [0, 0.1) is 17.8 Å². The lowest BCUT2D eigenvalue weighted by Crippen LogP contribution is -2.28. The molecular weight excluding hydrogens is 442 g/mol. The van der Waals surface area contributed by atoms with Gasteiger partial charge in [-0.1, -0.05) is 55.2 Å². The van der Waals surface area contributed by atoms with Crippen molar-refractivity contribution in [3.05, 3.63) is 88.9 Å². The minimum Gasteiger partial charge on any atom is -0.481 e. The molecule has 4 aromatic rings. The number of hydrogen-bond acceptors (Lipinski definition) is 4. The molecule has 7 heteroatoms. The van der Waals surface area contributed by atoms with E-state index >= 15 is 0 Å². The Kier molecular flexibility index (Phi) is 6.17. The van der Waals surface area contributed by atoms with Gasteiger partial charge in [0.15, 0.2) is 9.84 Å². The zero-order chi connectivity index (χ0) is 22.7. The average Bonchev–Trinajstić information content (AvgIpc) is 3.44. The number of H-pyrrole nitrogens is 1. The van der Waals surface area contributed by atoms with Crippen molar-refractivity contribution in [3.8, 4) is 11.8 Å². The van der Waals surface area contributed by atoms with Crippen LogP contribution < -0.4 is 0 Å². The lowest BCUT2D eigenvalue weighted by atomic mass is 9.88. The largest absolute Gasteiger partial charge is 0.481 e. The van der Waals surface area contributed by atoms with Gasteiger partial charge in [0.2, 0.25) is 0 Å². The van der Waals surface area contributed by atoms with E-state index in [0.717, 1.165) is 33.4 Å². The summed E-state index contributed by atoms with van der Waals surface area (Å²) in [4.78, 5) is 15.8. The molecule has 32 heavy (non-hydrogen) atoms. The zero-order valence-electron chi connectivity index (χ0n) is 17.3. The third-order valence-corrected chi connectivity index (χ3v) is 8.78. The van der Waals surface area contributed by atoms with Crippen molar-refractivity contribution in [2.24, 2.45) is 5.92 Å². The van der Waals surface area contributed by atoms with Crippen molar-refractivity contribution in [2.75, 3.05) is 5.75 Å². The second-order valence-electron chi connectivity index (χ2n) is 7.54. The number of carboxylic acids is 1. The summed E-state index contributed by atoms with van der Waals surface area (Å²) in [6.45, 7) is 1.76. The van der Waals surface area contributed by atoms with E-state index in [0.29, 0.717) is 4.88 Å². The van der Waals surface area contributed by atoms with E-state index in [-0.39, 0.29) is 4.21 Å². The fraction of sp³-hybridized carbons (Fsp3) is 0.160. The molecule has 2 aromatic heterocycles. The number of hydrogen-bond donors (Lipinski definition) is 2. The van der Waals surface area contributed by atoms with Crippen LogP contribution in [0.5, 0.6) is 0 Å². The minimum atomic E-state index is -3.80. The van der Waals surface area contributed by atoms with E-state index in [1.54, 1.807) is 19.2 Å². The summed E-state index contributed by atoms with van der Waals surface area (Å²) in [5, 5.41) is 10.7. The Morgan fingerprint density at radius 3 is 2.50 bits per heavy atom.